The van der Waals surface area contributed by atoms with Crippen molar-refractivity contribution in [1.29, 1.82) is 5.26 Å². The van der Waals surface area contributed by atoms with Crippen molar-refractivity contribution in [3.8, 4) is 11.8 Å². The van der Waals surface area contributed by atoms with E-state index in [4.69, 9.17) is 4.74 Å². The molecule has 0 aliphatic carbocycles. The Kier molecular flexibility index (Phi) is 28.6. The zero-order valence-corrected chi connectivity index (χ0v) is 54.0. The number of thioether (sulfide) groups is 1. The molecular weight excluding hydrogens is 1240 g/mol. The highest BCUT2D eigenvalue weighted by Crippen LogP contribution is 2.32. The van der Waals surface area contributed by atoms with Crippen LogP contribution >= 0.6 is 11.8 Å². The Labute approximate surface area is 549 Å². The number of hydrogen-bond donors (Lipinski definition) is 6. The van der Waals surface area contributed by atoms with Crippen molar-refractivity contribution in [3.05, 3.63) is 71.4 Å². The number of carboxylic acids is 3. The number of carbonyl (C=O) groups is 10. The average molecular weight is 1330 g/mol. The lowest BCUT2D eigenvalue weighted by Crippen LogP contribution is -2.52. The second-order valence-corrected chi connectivity index (χ2v) is 25.5. The van der Waals surface area contributed by atoms with Crippen molar-refractivity contribution in [1.82, 2.24) is 60.1 Å². The molecule has 1 aromatic heterocycles. The lowest BCUT2D eigenvalue weighted by Gasteiger charge is -2.35. The highest BCUT2D eigenvalue weighted by Gasteiger charge is 2.47. The third-order valence-electron chi connectivity index (χ3n) is 17.0. The van der Waals surface area contributed by atoms with Gasteiger partial charge in [0, 0.05) is 128 Å². The number of likely N-dealkylation sites (tertiary alicyclic amines) is 2. The predicted octanol–water partition coefficient (Wildman–Crippen LogP) is 1.47. The molecule has 0 bridgehead atoms. The Balaban J connectivity index is 0.866. The van der Waals surface area contributed by atoms with E-state index in [0.29, 0.717) is 101 Å². The van der Waals surface area contributed by atoms with Crippen LogP contribution in [0.3, 0.4) is 0 Å². The van der Waals surface area contributed by atoms with Crippen LogP contribution in [0, 0.1) is 18.3 Å². The molecule has 4 saturated heterocycles. The Bertz CT molecular complexity index is 3140. The number of nitriles is 1. The number of piperazine rings is 1. The molecule has 27 nitrogen and oxygen atoms in total. The summed E-state index contributed by atoms with van der Waals surface area (Å²) in [5.41, 5.74) is 3.00. The number of amides is 7. The minimum absolute atomic E-state index is 0.0683. The first-order valence-electron chi connectivity index (χ1n) is 32.0. The maximum absolute atomic E-state index is 14.1. The molecule has 4 aliphatic heterocycles. The number of nitrogens with one attached hydrogen (secondary N) is 3. The normalized spacial score (nSPS) is 19.2. The van der Waals surface area contributed by atoms with Gasteiger partial charge in [0.1, 0.15) is 18.3 Å². The quantitative estimate of drug-likeness (QED) is 0.0381. The van der Waals surface area contributed by atoms with Crippen LogP contribution in [0.4, 0.5) is 8.78 Å². The highest BCUT2D eigenvalue weighted by atomic mass is 32.2. The summed E-state index contributed by atoms with van der Waals surface area (Å²) in [6.45, 7) is 4.18. The number of aryl methyl sites for hydroxylation is 2. The summed E-state index contributed by atoms with van der Waals surface area (Å²) in [6, 6.07) is 14.7. The van der Waals surface area contributed by atoms with Crippen LogP contribution in [0.5, 0.6) is 5.75 Å². The molecule has 7 rings (SSSR count). The van der Waals surface area contributed by atoms with Crippen LogP contribution in [0.25, 0.3) is 10.9 Å². The van der Waals surface area contributed by atoms with E-state index in [9.17, 15) is 77.3 Å². The van der Waals surface area contributed by atoms with Crippen molar-refractivity contribution < 1.29 is 76.8 Å². The van der Waals surface area contributed by atoms with E-state index in [2.05, 4.69) is 38.0 Å². The summed E-state index contributed by atoms with van der Waals surface area (Å²) < 4.78 is 33.9. The number of carboxylic acid groups (broad SMARTS) is 3. The molecule has 0 radical (unpaired) electrons. The number of nitrogens with zero attached hydrogens (tertiary/aromatic N) is 10. The van der Waals surface area contributed by atoms with E-state index in [0.717, 1.165) is 33.8 Å². The number of aliphatic carboxylic acids is 3. The fourth-order valence-electron chi connectivity index (χ4n) is 11.7. The van der Waals surface area contributed by atoms with Crippen LogP contribution in [-0.4, -0.2) is 292 Å². The van der Waals surface area contributed by atoms with Gasteiger partial charge in [-0.1, -0.05) is 29.8 Å². The van der Waals surface area contributed by atoms with Crippen molar-refractivity contribution >= 4 is 81.9 Å². The molecule has 5 heterocycles. The fraction of sp³-hybridized carbons (Fsp3) is 0.594. The Morgan fingerprint density at radius 1 is 0.723 bits per heavy atom. The number of pyridine rings is 1. The molecule has 3 atom stereocenters. The van der Waals surface area contributed by atoms with E-state index in [1.165, 1.54) is 24.0 Å². The second kappa shape index (κ2) is 36.6. The van der Waals surface area contributed by atoms with Gasteiger partial charge in [0.25, 0.3) is 11.8 Å². The zero-order chi connectivity index (χ0) is 67.7. The summed E-state index contributed by atoms with van der Waals surface area (Å²) in [5.74, 6) is -8.90. The number of rotatable bonds is 32. The molecule has 4 fully saturated rings. The monoisotopic (exact) mass is 1330 g/mol. The molecule has 4 aliphatic rings. The summed E-state index contributed by atoms with van der Waals surface area (Å²) in [7, 11) is 0. The van der Waals surface area contributed by atoms with Crippen molar-refractivity contribution in [2.45, 2.75) is 94.4 Å². The van der Waals surface area contributed by atoms with E-state index < -0.39 is 90.8 Å². The Morgan fingerprint density at radius 3 is 1.96 bits per heavy atom. The first-order chi connectivity index (χ1) is 45.0. The number of aromatic nitrogens is 1. The SMILES string of the molecule is Cc1ccc(CCCC(=O)NCCCC[C@@H](CSC2CC(=O)N(CC(=O)N3CCN(CCCCOc4ccc5nccc(C(=O)NCC(=O)N6CC(F)(F)C[C@@H]6C#N)c5c4)CC3)C2=O)NC(=O)CN2CCN(CC(=O)O)CCN(CC(=O)O)CCN(CC(=O)O)CC2)cc1. The van der Waals surface area contributed by atoms with Gasteiger partial charge in [-0.05, 0) is 88.2 Å². The number of alkyl halides is 2. The molecule has 0 spiro atoms. The minimum atomic E-state index is -3.19. The van der Waals surface area contributed by atoms with E-state index >= 15 is 0 Å². The van der Waals surface area contributed by atoms with Crippen LogP contribution < -0.4 is 20.7 Å². The number of halogens is 2. The van der Waals surface area contributed by atoms with Gasteiger partial charge in [-0.25, -0.2) is 8.78 Å². The summed E-state index contributed by atoms with van der Waals surface area (Å²) in [5, 5.41) is 46.4. The highest BCUT2D eigenvalue weighted by molar-refractivity contribution is 8.00. The van der Waals surface area contributed by atoms with Crippen molar-refractivity contribution in [2.24, 2.45) is 0 Å². The van der Waals surface area contributed by atoms with E-state index in [1.54, 1.807) is 43.9 Å². The molecule has 7 amide bonds. The topological polar surface area (TPSA) is 339 Å². The largest absolute Gasteiger partial charge is 0.494 e. The molecule has 94 heavy (non-hydrogen) atoms. The molecule has 6 N–H and O–H groups in total. The Morgan fingerprint density at radius 2 is 1.34 bits per heavy atom. The first-order valence-corrected chi connectivity index (χ1v) is 33.0. The molecule has 1 unspecified atom stereocenters. The lowest BCUT2D eigenvalue weighted by molar-refractivity contribution is -0.146. The minimum Gasteiger partial charge on any atom is -0.494 e. The number of benzene rings is 2. The third kappa shape index (κ3) is 24.1. The van der Waals surface area contributed by atoms with Gasteiger partial charge in [-0.2, -0.15) is 5.26 Å². The van der Waals surface area contributed by atoms with Gasteiger partial charge in [0.05, 0.1) is 68.3 Å². The molecule has 512 valence electrons. The standard InChI is InChI=1S/C64H87F2N13O14S/c1-45-10-12-46(13-11-45)7-6-9-54(80)69-17-3-2-8-47(71-55(81)38-73-20-22-74(40-59(85)86)24-26-76(42-61(89)90)27-25-75(23-21-73)41-60(87)88)43-94-53-34-56(82)78(63(53)92)39-58(84)77-30-28-72(29-31-77)19-4-5-32-93-49-14-15-52-51(33-49)50(16-18-68-52)62(91)70-37-57(83)79-44-64(65,66)35-48(79)36-67/h10-16,18,33,47-48,53H,2-9,17,19-32,34-35,37-44H2,1H3,(H,69,80)(H,70,91)(H,71,81)(H,85,86)(H,87,88)(H,89,90)/t47-,48+,53?/m0/s1. The number of fused-ring (bicyclic) bond motifs is 1. The molecular formula is C64H87F2N13O14S. The average Bonchev–Trinajstić information content (AvgIpc) is 1.46. The van der Waals surface area contributed by atoms with Crippen LogP contribution in [0.1, 0.15) is 79.3 Å². The van der Waals surface area contributed by atoms with E-state index in [-0.39, 0.29) is 114 Å². The number of carbonyl (C=O) groups excluding carboxylic acids is 7. The number of imide groups is 1. The summed E-state index contributed by atoms with van der Waals surface area (Å²) >= 11 is 1.22. The number of hydrogen-bond acceptors (Lipinski definition) is 19. The molecule has 30 heteroatoms. The van der Waals surface area contributed by atoms with Gasteiger partial charge in [-0.3, -0.25) is 82.3 Å². The van der Waals surface area contributed by atoms with Crippen LogP contribution in [0.2, 0.25) is 0 Å². The first kappa shape index (κ1) is 73.5. The van der Waals surface area contributed by atoms with E-state index in [1.807, 2.05) is 24.0 Å². The van der Waals surface area contributed by atoms with Gasteiger partial charge < -0.3 is 45.8 Å². The molecule has 2 aromatic carbocycles. The second-order valence-electron chi connectivity index (χ2n) is 24.3. The van der Waals surface area contributed by atoms with Gasteiger partial charge in [0.2, 0.25) is 35.4 Å². The van der Waals surface area contributed by atoms with Gasteiger partial charge in [0.15, 0.2) is 0 Å². The predicted molar refractivity (Wildman–Crippen MR) is 342 cm³/mol. The lowest BCUT2D eigenvalue weighted by atomic mass is 10.1. The van der Waals surface area contributed by atoms with Gasteiger partial charge in [-0.15, -0.1) is 11.8 Å². The Hall–Kier alpha value is -7.95. The summed E-state index contributed by atoms with van der Waals surface area (Å²) in [4.78, 5) is 146. The molecule has 0 saturated carbocycles. The van der Waals surface area contributed by atoms with Crippen molar-refractivity contribution in [2.75, 3.05) is 150 Å². The van der Waals surface area contributed by atoms with Crippen LogP contribution in [0.15, 0.2) is 54.7 Å². The fourth-order valence-corrected chi connectivity index (χ4v) is 13.0. The van der Waals surface area contributed by atoms with Crippen LogP contribution in [-0.2, 0) is 49.6 Å². The van der Waals surface area contributed by atoms with Crippen molar-refractivity contribution in [3.63, 3.8) is 0 Å². The number of ether oxygens (including phenoxy) is 1. The maximum Gasteiger partial charge on any atom is 0.317 e. The number of unbranched alkanes of at least 4 members (excludes halogenated alkanes) is 2. The third-order valence-corrected chi connectivity index (χ3v) is 18.3. The summed E-state index contributed by atoms with van der Waals surface area (Å²) in [6.07, 6.45) is 5.43. The smallest absolute Gasteiger partial charge is 0.317 e. The maximum atomic E-state index is 14.1. The zero-order valence-electron chi connectivity index (χ0n) is 53.2. The molecule has 3 aromatic rings. The van der Waals surface area contributed by atoms with Gasteiger partial charge >= 0.3 is 17.9 Å².